The third-order valence-corrected chi connectivity index (χ3v) is 4.37. The standard InChI is InChI=1S/C20H17BrN2O4/c1-3-27-16-9-13(8-14(21)11-16)10-17-18(24)22-20(26)23(19(17)25)15-6-4-12(2)5-7-15/h4-11H,3H2,1-2H3,(H,22,24,26)/b17-10+. The van der Waals surface area contributed by atoms with E-state index >= 15 is 0 Å². The predicted molar refractivity (Wildman–Crippen MR) is 105 cm³/mol. The van der Waals surface area contributed by atoms with Gasteiger partial charge in [-0.2, -0.15) is 0 Å². The molecule has 0 unspecified atom stereocenters. The van der Waals surface area contributed by atoms with Crippen molar-refractivity contribution in [3.63, 3.8) is 0 Å². The van der Waals surface area contributed by atoms with Crippen molar-refractivity contribution in [2.24, 2.45) is 0 Å². The number of rotatable bonds is 4. The van der Waals surface area contributed by atoms with Crippen LogP contribution in [0, 0.1) is 6.92 Å². The molecule has 7 heteroatoms. The fourth-order valence-electron chi connectivity index (χ4n) is 2.67. The largest absolute Gasteiger partial charge is 0.494 e. The molecule has 2 aromatic rings. The third kappa shape index (κ3) is 4.09. The number of hydrogen-bond donors (Lipinski definition) is 1. The second-order valence-electron chi connectivity index (χ2n) is 5.95. The number of carbonyl (C=O) groups is 3. The number of halogens is 1. The Bertz CT molecular complexity index is 951. The molecule has 1 N–H and O–H groups in total. The van der Waals surface area contributed by atoms with Gasteiger partial charge in [-0.1, -0.05) is 33.6 Å². The zero-order valence-electron chi connectivity index (χ0n) is 14.8. The summed E-state index contributed by atoms with van der Waals surface area (Å²) < 4.78 is 6.23. The molecule has 1 fully saturated rings. The molecule has 1 aliphatic heterocycles. The van der Waals surface area contributed by atoms with Crippen LogP contribution in [0.1, 0.15) is 18.1 Å². The first-order chi connectivity index (χ1) is 12.9. The molecule has 138 valence electrons. The van der Waals surface area contributed by atoms with E-state index in [1.54, 1.807) is 42.5 Å². The van der Waals surface area contributed by atoms with Gasteiger partial charge in [-0.3, -0.25) is 14.9 Å². The Kier molecular flexibility index (Phi) is 5.41. The number of nitrogens with zero attached hydrogens (tertiary/aromatic N) is 1. The van der Waals surface area contributed by atoms with E-state index in [-0.39, 0.29) is 5.57 Å². The number of carbonyl (C=O) groups excluding carboxylic acids is 3. The summed E-state index contributed by atoms with van der Waals surface area (Å²) in [5.74, 6) is -0.800. The van der Waals surface area contributed by atoms with E-state index in [4.69, 9.17) is 4.74 Å². The maximum atomic E-state index is 12.9. The highest BCUT2D eigenvalue weighted by Gasteiger charge is 2.36. The van der Waals surface area contributed by atoms with E-state index in [1.165, 1.54) is 6.08 Å². The van der Waals surface area contributed by atoms with E-state index in [0.717, 1.165) is 14.9 Å². The second kappa shape index (κ2) is 7.75. The minimum Gasteiger partial charge on any atom is -0.494 e. The Morgan fingerprint density at radius 3 is 2.48 bits per heavy atom. The van der Waals surface area contributed by atoms with Gasteiger partial charge in [-0.05, 0) is 55.8 Å². The average Bonchev–Trinajstić information content (AvgIpc) is 2.60. The van der Waals surface area contributed by atoms with Crippen LogP contribution in [0.5, 0.6) is 5.75 Å². The molecule has 0 aromatic heterocycles. The van der Waals surface area contributed by atoms with Crippen molar-refractivity contribution >= 4 is 45.5 Å². The molecule has 0 atom stereocenters. The van der Waals surface area contributed by atoms with Crippen molar-refractivity contribution in [2.45, 2.75) is 13.8 Å². The highest BCUT2D eigenvalue weighted by Crippen LogP contribution is 2.26. The van der Waals surface area contributed by atoms with Crippen molar-refractivity contribution in [1.29, 1.82) is 0 Å². The molecule has 2 aromatic carbocycles. The fraction of sp³-hybridized carbons (Fsp3) is 0.150. The minimum absolute atomic E-state index is 0.129. The number of benzene rings is 2. The summed E-state index contributed by atoms with van der Waals surface area (Å²) in [4.78, 5) is 38.3. The van der Waals surface area contributed by atoms with Crippen molar-refractivity contribution in [1.82, 2.24) is 5.32 Å². The topological polar surface area (TPSA) is 75.7 Å². The number of ether oxygens (including phenoxy) is 1. The number of barbiturate groups is 1. The average molecular weight is 429 g/mol. The van der Waals surface area contributed by atoms with Crippen molar-refractivity contribution in [3.05, 3.63) is 63.6 Å². The molecule has 27 heavy (non-hydrogen) atoms. The first-order valence-corrected chi connectivity index (χ1v) is 9.10. The Morgan fingerprint density at radius 1 is 1.11 bits per heavy atom. The summed E-state index contributed by atoms with van der Waals surface area (Å²) in [5, 5.41) is 2.21. The van der Waals surface area contributed by atoms with Crippen LogP contribution in [0.15, 0.2) is 52.5 Å². The molecule has 0 aliphatic carbocycles. The molecular formula is C20H17BrN2O4. The monoisotopic (exact) mass is 428 g/mol. The van der Waals surface area contributed by atoms with Crippen LogP contribution < -0.4 is 15.0 Å². The predicted octanol–water partition coefficient (Wildman–Crippen LogP) is 3.82. The first kappa shape index (κ1) is 18.8. The molecule has 0 bridgehead atoms. The second-order valence-corrected chi connectivity index (χ2v) is 6.86. The smallest absolute Gasteiger partial charge is 0.335 e. The Labute approximate surface area is 164 Å². The van der Waals surface area contributed by atoms with E-state index in [1.807, 2.05) is 13.8 Å². The lowest BCUT2D eigenvalue weighted by molar-refractivity contribution is -0.122. The first-order valence-electron chi connectivity index (χ1n) is 8.30. The molecule has 0 saturated carbocycles. The number of nitrogens with one attached hydrogen (secondary N) is 1. The third-order valence-electron chi connectivity index (χ3n) is 3.91. The molecule has 1 saturated heterocycles. The van der Waals surface area contributed by atoms with Crippen LogP contribution in [0.3, 0.4) is 0 Å². The van der Waals surface area contributed by atoms with Gasteiger partial charge in [0, 0.05) is 4.47 Å². The molecule has 1 aliphatic rings. The van der Waals surface area contributed by atoms with Gasteiger partial charge in [0.15, 0.2) is 0 Å². The molecule has 0 spiro atoms. The number of amides is 4. The summed E-state index contributed by atoms with van der Waals surface area (Å²) in [5.41, 5.74) is 1.86. The van der Waals surface area contributed by atoms with Crippen LogP contribution in [0.25, 0.3) is 6.08 Å². The zero-order valence-corrected chi connectivity index (χ0v) is 16.4. The number of hydrogen-bond acceptors (Lipinski definition) is 4. The van der Waals surface area contributed by atoms with E-state index in [9.17, 15) is 14.4 Å². The summed E-state index contributed by atoms with van der Waals surface area (Å²) >= 11 is 3.38. The maximum Gasteiger partial charge on any atom is 0.335 e. The summed E-state index contributed by atoms with van der Waals surface area (Å²) in [6, 6.07) is 11.4. The van der Waals surface area contributed by atoms with Gasteiger partial charge in [0.1, 0.15) is 11.3 Å². The van der Waals surface area contributed by atoms with Crippen molar-refractivity contribution in [2.75, 3.05) is 11.5 Å². The van der Waals surface area contributed by atoms with Crippen LogP contribution in [-0.2, 0) is 9.59 Å². The van der Waals surface area contributed by atoms with Crippen LogP contribution in [0.4, 0.5) is 10.5 Å². The number of imide groups is 2. The lowest BCUT2D eigenvalue weighted by Crippen LogP contribution is -2.54. The normalized spacial score (nSPS) is 15.9. The van der Waals surface area contributed by atoms with E-state index in [0.29, 0.717) is 23.6 Å². The molecule has 6 nitrogen and oxygen atoms in total. The van der Waals surface area contributed by atoms with Crippen LogP contribution >= 0.6 is 15.9 Å². The van der Waals surface area contributed by atoms with E-state index < -0.39 is 17.8 Å². The highest BCUT2D eigenvalue weighted by molar-refractivity contribution is 9.10. The van der Waals surface area contributed by atoms with Gasteiger partial charge in [-0.15, -0.1) is 0 Å². The number of urea groups is 1. The van der Waals surface area contributed by atoms with Gasteiger partial charge in [0.2, 0.25) is 0 Å². The van der Waals surface area contributed by atoms with Crippen LogP contribution in [-0.4, -0.2) is 24.5 Å². The highest BCUT2D eigenvalue weighted by atomic mass is 79.9. The fourth-order valence-corrected chi connectivity index (χ4v) is 3.16. The van der Waals surface area contributed by atoms with Gasteiger partial charge < -0.3 is 4.74 Å². The molecular weight excluding hydrogens is 412 g/mol. The van der Waals surface area contributed by atoms with Crippen LogP contribution in [0.2, 0.25) is 0 Å². The summed E-state index contributed by atoms with van der Waals surface area (Å²) in [6.45, 7) is 4.25. The summed E-state index contributed by atoms with van der Waals surface area (Å²) in [7, 11) is 0. The Balaban J connectivity index is 2.00. The molecule has 1 heterocycles. The lowest BCUT2D eigenvalue weighted by atomic mass is 10.1. The van der Waals surface area contributed by atoms with Gasteiger partial charge in [0.25, 0.3) is 11.8 Å². The van der Waals surface area contributed by atoms with E-state index in [2.05, 4.69) is 21.2 Å². The van der Waals surface area contributed by atoms with Crippen molar-refractivity contribution in [3.8, 4) is 5.75 Å². The van der Waals surface area contributed by atoms with Gasteiger partial charge in [0.05, 0.1) is 12.3 Å². The number of aryl methyl sites for hydroxylation is 1. The molecule has 3 rings (SSSR count). The zero-order chi connectivity index (χ0) is 19.6. The minimum atomic E-state index is -0.768. The number of anilines is 1. The SMILES string of the molecule is CCOc1cc(Br)cc(/C=C2\C(=O)NC(=O)N(c3ccc(C)cc3)C2=O)c1. The van der Waals surface area contributed by atoms with Gasteiger partial charge in [-0.25, -0.2) is 9.69 Å². The Hall–Kier alpha value is -2.93. The molecule has 4 amide bonds. The van der Waals surface area contributed by atoms with Crippen molar-refractivity contribution < 1.29 is 19.1 Å². The summed E-state index contributed by atoms with van der Waals surface area (Å²) in [6.07, 6.45) is 1.44. The Morgan fingerprint density at radius 2 is 1.81 bits per heavy atom. The van der Waals surface area contributed by atoms with Gasteiger partial charge >= 0.3 is 6.03 Å². The molecule has 0 radical (unpaired) electrons. The lowest BCUT2D eigenvalue weighted by Gasteiger charge is -2.26. The maximum absolute atomic E-state index is 12.9. The quantitative estimate of drug-likeness (QED) is 0.592.